The van der Waals surface area contributed by atoms with E-state index in [0.717, 1.165) is 26.1 Å². The molecular weight excluding hydrogens is 142 g/mol. The van der Waals surface area contributed by atoms with E-state index < -0.39 is 0 Å². The molecule has 0 aromatic carbocycles. The third-order valence-electron chi connectivity index (χ3n) is 2.15. The molecule has 0 aliphatic carbocycles. The highest BCUT2D eigenvalue weighted by Gasteiger charge is 2.21. The lowest BCUT2D eigenvalue weighted by molar-refractivity contribution is -0.0871. The minimum absolute atomic E-state index is 0.318. The first kappa shape index (κ1) is 8.97. The number of rotatable bonds is 2. The fourth-order valence-electron chi connectivity index (χ4n) is 1.33. The zero-order chi connectivity index (χ0) is 8.27. The highest BCUT2D eigenvalue weighted by molar-refractivity contribution is 4.70. The Morgan fingerprint density at radius 3 is 3.00 bits per heavy atom. The normalized spacial score (nSPS) is 30.3. The van der Waals surface area contributed by atoms with Crippen molar-refractivity contribution in [2.75, 3.05) is 19.7 Å². The summed E-state index contributed by atoms with van der Waals surface area (Å²) in [7, 11) is 0. The van der Waals surface area contributed by atoms with Crippen molar-refractivity contribution in [3.05, 3.63) is 0 Å². The minimum atomic E-state index is -0.326. The summed E-state index contributed by atoms with van der Waals surface area (Å²) in [6, 6.07) is 0. The molecule has 0 spiro atoms. The molecule has 3 nitrogen and oxygen atoms in total. The van der Waals surface area contributed by atoms with E-state index in [-0.39, 0.29) is 6.23 Å². The second-order valence-corrected chi connectivity index (χ2v) is 3.03. The maximum atomic E-state index is 9.26. The largest absolute Gasteiger partial charge is 0.379 e. The Kier molecular flexibility index (Phi) is 3.30. The number of aliphatic hydroxyl groups is 1. The zero-order valence-corrected chi connectivity index (χ0v) is 7.29. The number of ether oxygens (including phenoxy) is 1. The van der Waals surface area contributed by atoms with Crippen LogP contribution in [0, 0.1) is 0 Å². The first-order chi connectivity index (χ1) is 5.24. The second-order valence-electron chi connectivity index (χ2n) is 3.03. The zero-order valence-electron chi connectivity index (χ0n) is 7.29. The van der Waals surface area contributed by atoms with Gasteiger partial charge in [0.2, 0.25) is 0 Å². The van der Waals surface area contributed by atoms with Crippen molar-refractivity contribution in [2.45, 2.75) is 32.6 Å². The Bertz CT molecular complexity index is 117. The molecule has 0 amide bonds. The van der Waals surface area contributed by atoms with E-state index in [2.05, 4.69) is 6.92 Å². The summed E-state index contributed by atoms with van der Waals surface area (Å²) in [4.78, 5) is 2.04. The lowest BCUT2D eigenvalue weighted by Crippen LogP contribution is -2.46. The summed E-state index contributed by atoms with van der Waals surface area (Å²) in [6.07, 6.45) is 1.02. The maximum Gasteiger partial charge on any atom is 0.104 e. The van der Waals surface area contributed by atoms with Crippen LogP contribution in [-0.4, -0.2) is 42.0 Å². The Hall–Kier alpha value is -0.120. The molecule has 0 saturated carbocycles. The van der Waals surface area contributed by atoms with E-state index in [1.807, 2.05) is 4.90 Å². The van der Waals surface area contributed by atoms with Crippen LogP contribution < -0.4 is 0 Å². The SMILES string of the molecule is CCC1CN(C(C)O)CCO1. The van der Waals surface area contributed by atoms with Crippen LogP contribution in [0.25, 0.3) is 0 Å². The van der Waals surface area contributed by atoms with Gasteiger partial charge < -0.3 is 9.84 Å². The Morgan fingerprint density at radius 1 is 1.73 bits per heavy atom. The fourth-order valence-corrected chi connectivity index (χ4v) is 1.33. The molecule has 2 unspecified atom stereocenters. The molecule has 0 bridgehead atoms. The summed E-state index contributed by atoms with van der Waals surface area (Å²) in [5.41, 5.74) is 0. The van der Waals surface area contributed by atoms with Crippen LogP contribution in [0.3, 0.4) is 0 Å². The predicted molar refractivity (Wildman–Crippen MR) is 43.3 cm³/mol. The average Bonchev–Trinajstić information content (AvgIpc) is 2.05. The van der Waals surface area contributed by atoms with Gasteiger partial charge in [-0.1, -0.05) is 6.92 Å². The lowest BCUT2D eigenvalue weighted by atomic mass is 10.2. The van der Waals surface area contributed by atoms with Crippen molar-refractivity contribution < 1.29 is 9.84 Å². The smallest absolute Gasteiger partial charge is 0.104 e. The Balaban J connectivity index is 2.33. The van der Waals surface area contributed by atoms with Crippen molar-refractivity contribution in [3.63, 3.8) is 0 Å². The van der Waals surface area contributed by atoms with Gasteiger partial charge in [0.25, 0.3) is 0 Å². The summed E-state index contributed by atoms with van der Waals surface area (Å²) in [6.45, 7) is 6.39. The first-order valence-electron chi connectivity index (χ1n) is 4.27. The van der Waals surface area contributed by atoms with Crippen LogP contribution in [0.2, 0.25) is 0 Å². The van der Waals surface area contributed by atoms with Crippen molar-refractivity contribution in [1.29, 1.82) is 0 Å². The number of hydrogen-bond donors (Lipinski definition) is 1. The number of morpholine rings is 1. The van der Waals surface area contributed by atoms with Crippen LogP contribution in [0.15, 0.2) is 0 Å². The van der Waals surface area contributed by atoms with Gasteiger partial charge in [-0.25, -0.2) is 0 Å². The minimum Gasteiger partial charge on any atom is -0.379 e. The first-order valence-corrected chi connectivity index (χ1v) is 4.27. The van der Waals surface area contributed by atoms with Crippen LogP contribution >= 0.6 is 0 Å². The van der Waals surface area contributed by atoms with E-state index in [4.69, 9.17) is 4.74 Å². The molecule has 3 heteroatoms. The standard InChI is InChI=1S/C8H17NO2/c1-3-8-6-9(7(2)10)4-5-11-8/h7-8,10H,3-6H2,1-2H3. The van der Waals surface area contributed by atoms with Gasteiger partial charge in [0.05, 0.1) is 12.7 Å². The van der Waals surface area contributed by atoms with Gasteiger partial charge >= 0.3 is 0 Å². The van der Waals surface area contributed by atoms with Crippen LogP contribution in [0.4, 0.5) is 0 Å². The van der Waals surface area contributed by atoms with E-state index in [1.54, 1.807) is 6.92 Å². The molecule has 1 aliphatic heterocycles. The summed E-state index contributed by atoms with van der Waals surface area (Å²) < 4.78 is 5.45. The van der Waals surface area contributed by atoms with Crippen molar-refractivity contribution >= 4 is 0 Å². The Labute approximate surface area is 68.0 Å². The van der Waals surface area contributed by atoms with E-state index >= 15 is 0 Å². The van der Waals surface area contributed by atoms with E-state index in [9.17, 15) is 5.11 Å². The molecular formula is C8H17NO2. The van der Waals surface area contributed by atoms with Gasteiger partial charge in [-0.05, 0) is 13.3 Å². The fraction of sp³-hybridized carbons (Fsp3) is 1.00. The molecule has 1 N–H and O–H groups in total. The Morgan fingerprint density at radius 2 is 2.45 bits per heavy atom. The van der Waals surface area contributed by atoms with Gasteiger partial charge in [-0.3, -0.25) is 4.90 Å². The highest BCUT2D eigenvalue weighted by Crippen LogP contribution is 2.09. The van der Waals surface area contributed by atoms with Gasteiger partial charge in [-0.15, -0.1) is 0 Å². The van der Waals surface area contributed by atoms with Gasteiger partial charge in [0.15, 0.2) is 0 Å². The quantitative estimate of drug-likeness (QED) is 0.634. The molecule has 1 rings (SSSR count). The molecule has 66 valence electrons. The maximum absolute atomic E-state index is 9.26. The van der Waals surface area contributed by atoms with Crippen LogP contribution in [0.5, 0.6) is 0 Å². The summed E-state index contributed by atoms with van der Waals surface area (Å²) in [5, 5.41) is 9.26. The third kappa shape index (κ3) is 2.43. The predicted octanol–water partition coefficient (Wildman–Crippen LogP) is 0.436. The highest BCUT2D eigenvalue weighted by atomic mass is 16.5. The van der Waals surface area contributed by atoms with Gasteiger partial charge in [0.1, 0.15) is 6.23 Å². The van der Waals surface area contributed by atoms with Crippen molar-refractivity contribution in [1.82, 2.24) is 4.90 Å². The summed E-state index contributed by atoms with van der Waals surface area (Å²) >= 11 is 0. The second kappa shape index (κ2) is 4.04. The van der Waals surface area contributed by atoms with Crippen LogP contribution in [-0.2, 0) is 4.74 Å². The molecule has 0 aromatic rings. The molecule has 11 heavy (non-hydrogen) atoms. The molecule has 1 fully saturated rings. The molecule has 0 aromatic heterocycles. The van der Waals surface area contributed by atoms with Gasteiger partial charge in [0, 0.05) is 13.1 Å². The average molecular weight is 159 g/mol. The molecule has 2 atom stereocenters. The molecule has 1 saturated heterocycles. The molecule has 1 aliphatic rings. The lowest BCUT2D eigenvalue weighted by Gasteiger charge is -2.34. The topological polar surface area (TPSA) is 32.7 Å². The van der Waals surface area contributed by atoms with Crippen LogP contribution in [0.1, 0.15) is 20.3 Å². The van der Waals surface area contributed by atoms with E-state index in [1.165, 1.54) is 0 Å². The molecule has 1 heterocycles. The van der Waals surface area contributed by atoms with Gasteiger partial charge in [-0.2, -0.15) is 0 Å². The monoisotopic (exact) mass is 159 g/mol. The number of hydrogen-bond acceptors (Lipinski definition) is 3. The molecule has 0 radical (unpaired) electrons. The third-order valence-corrected chi connectivity index (χ3v) is 2.15. The van der Waals surface area contributed by atoms with Crippen molar-refractivity contribution in [3.8, 4) is 0 Å². The van der Waals surface area contributed by atoms with Crippen molar-refractivity contribution in [2.24, 2.45) is 0 Å². The number of nitrogens with zero attached hydrogens (tertiary/aromatic N) is 1. The number of aliphatic hydroxyl groups excluding tert-OH is 1. The summed E-state index contributed by atoms with van der Waals surface area (Å²) in [5.74, 6) is 0. The van der Waals surface area contributed by atoms with E-state index in [0.29, 0.717) is 6.10 Å².